The molecule has 1 atom stereocenters. The number of carbonyl (C=O) groups is 3. The summed E-state index contributed by atoms with van der Waals surface area (Å²) >= 11 is 0. The third-order valence-electron chi connectivity index (χ3n) is 7.50. The minimum absolute atomic E-state index is 0.0135. The SMILES string of the molecule is C=C(C)CN1C(=O)NC(CC)(C2CCN(C(=O)c3ccc(N4CCCCC4)cc3)CC2)C1=O. The number of nitrogens with zero attached hydrogens (tertiary/aromatic N) is 3. The van der Waals surface area contributed by atoms with Gasteiger partial charge in [0.25, 0.3) is 11.8 Å². The van der Waals surface area contributed by atoms with Crippen LogP contribution < -0.4 is 10.2 Å². The van der Waals surface area contributed by atoms with E-state index in [1.807, 2.05) is 30.9 Å². The Labute approximate surface area is 196 Å². The highest BCUT2D eigenvalue weighted by Gasteiger charge is 2.54. The molecule has 1 N–H and O–H groups in total. The lowest BCUT2D eigenvalue weighted by Crippen LogP contribution is -2.56. The number of imide groups is 1. The standard InChI is InChI=1S/C26H36N4O3/c1-4-26(24(32)30(18-19(2)3)25(33)27-26)21-12-16-29(17-13-21)23(31)20-8-10-22(11-9-20)28-14-6-5-7-15-28/h8-11,21H,2,4-7,12-18H2,1,3H3,(H,27,33). The lowest BCUT2D eigenvalue weighted by Gasteiger charge is -2.40. The van der Waals surface area contributed by atoms with Gasteiger partial charge in [-0.05, 0) is 75.6 Å². The number of hydrogen-bond donors (Lipinski definition) is 1. The normalized spacial score (nSPS) is 24.2. The van der Waals surface area contributed by atoms with Gasteiger partial charge in [-0.1, -0.05) is 19.1 Å². The van der Waals surface area contributed by atoms with E-state index in [-0.39, 0.29) is 30.3 Å². The van der Waals surface area contributed by atoms with Gasteiger partial charge in [0, 0.05) is 37.4 Å². The van der Waals surface area contributed by atoms with E-state index < -0.39 is 5.54 Å². The molecular weight excluding hydrogens is 416 g/mol. The fourth-order valence-corrected chi connectivity index (χ4v) is 5.59. The van der Waals surface area contributed by atoms with Crippen molar-refractivity contribution in [3.05, 3.63) is 42.0 Å². The van der Waals surface area contributed by atoms with E-state index in [4.69, 9.17) is 0 Å². The molecule has 0 spiro atoms. The molecule has 3 saturated heterocycles. The van der Waals surface area contributed by atoms with Crippen LogP contribution in [0, 0.1) is 5.92 Å². The van der Waals surface area contributed by atoms with Crippen LogP contribution >= 0.6 is 0 Å². The quantitative estimate of drug-likeness (QED) is 0.526. The molecule has 0 aliphatic carbocycles. The van der Waals surface area contributed by atoms with Gasteiger partial charge in [-0.2, -0.15) is 0 Å². The molecule has 3 aliphatic heterocycles. The molecule has 3 heterocycles. The summed E-state index contributed by atoms with van der Waals surface area (Å²) in [4.78, 5) is 44.4. The monoisotopic (exact) mass is 452 g/mol. The molecule has 0 radical (unpaired) electrons. The minimum Gasteiger partial charge on any atom is -0.372 e. The van der Waals surface area contributed by atoms with Crippen LogP contribution in [-0.4, -0.2) is 65.9 Å². The zero-order valence-electron chi connectivity index (χ0n) is 19.9. The van der Waals surface area contributed by atoms with E-state index in [0.717, 1.165) is 18.7 Å². The summed E-state index contributed by atoms with van der Waals surface area (Å²) in [6.45, 7) is 11.2. The first-order valence-electron chi connectivity index (χ1n) is 12.3. The number of likely N-dealkylation sites (tertiary alicyclic amines) is 1. The number of nitrogens with one attached hydrogen (secondary N) is 1. The molecule has 0 saturated carbocycles. The molecule has 178 valence electrons. The van der Waals surface area contributed by atoms with Gasteiger partial charge >= 0.3 is 6.03 Å². The summed E-state index contributed by atoms with van der Waals surface area (Å²) in [5.74, 6) is -0.106. The van der Waals surface area contributed by atoms with Gasteiger partial charge in [-0.25, -0.2) is 4.79 Å². The van der Waals surface area contributed by atoms with Crippen LogP contribution in [0.4, 0.5) is 10.5 Å². The van der Waals surface area contributed by atoms with E-state index in [1.54, 1.807) is 0 Å². The van der Waals surface area contributed by atoms with Crippen molar-refractivity contribution in [3.8, 4) is 0 Å². The van der Waals surface area contributed by atoms with Gasteiger partial charge in [0.15, 0.2) is 0 Å². The Bertz CT molecular complexity index is 914. The van der Waals surface area contributed by atoms with Crippen molar-refractivity contribution in [2.45, 2.75) is 57.9 Å². The number of amides is 4. The summed E-state index contributed by atoms with van der Waals surface area (Å²) in [6, 6.07) is 7.64. The maximum atomic E-state index is 13.2. The Morgan fingerprint density at radius 2 is 1.70 bits per heavy atom. The number of urea groups is 1. The summed E-state index contributed by atoms with van der Waals surface area (Å²) < 4.78 is 0. The van der Waals surface area contributed by atoms with E-state index >= 15 is 0 Å². The van der Waals surface area contributed by atoms with E-state index in [0.29, 0.717) is 37.9 Å². The first-order valence-corrected chi connectivity index (χ1v) is 12.3. The Hall–Kier alpha value is -2.83. The molecule has 0 bridgehead atoms. The lowest BCUT2D eigenvalue weighted by molar-refractivity contribution is -0.133. The van der Waals surface area contributed by atoms with Crippen molar-refractivity contribution >= 4 is 23.5 Å². The Morgan fingerprint density at radius 1 is 1.06 bits per heavy atom. The first kappa shape index (κ1) is 23.3. The number of anilines is 1. The Kier molecular flexibility index (Phi) is 6.77. The maximum Gasteiger partial charge on any atom is 0.325 e. The number of benzene rings is 1. The smallest absolute Gasteiger partial charge is 0.325 e. The van der Waals surface area contributed by atoms with Crippen molar-refractivity contribution in [2.75, 3.05) is 37.6 Å². The summed E-state index contributed by atoms with van der Waals surface area (Å²) in [6.07, 6.45) is 5.67. The first-order chi connectivity index (χ1) is 15.9. The number of hydrogen-bond acceptors (Lipinski definition) is 4. The van der Waals surface area contributed by atoms with Crippen LogP contribution in [0.1, 0.15) is 62.7 Å². The number of piperidine rings is 2. The highest BCUT2D eigenvalue weighted by Crippen LogP contribution is 2.36. The van der Waals surface area contributed by atoms with Crippen molar-refractivity contribution in [1.82, 2.24) is 15.1 Å². The largest absolute Gasteiger partial charge is 0.372 e. The van der Waals surface area contributed by atoms with E-state index in [9.17, 15) is 14.4 Å². The van der Waals surface area contributed by atoms with Gasteiger partial charge in [-0.15, -0.1) is 0 Å². The van der Waals surface area contributed by atoms with Crippen LogP contribution in [0.15, 0.2) is 36.4 Å². The summed E-state index contributed by atoms with van der Waals surface area (Å²) in [5.41, 5.74) is 1.79. The van der Waals surface area contributed by atoms with Crippen molar-refractivity contribution in [3.63, 3.8) is 0 Å². The zero-order valence-corrected chi connectivity index (χ0v) is 19.9. The highest BCUT2D eigenvalue weighted by atomic mass is 16.2. The summed E-state index contributed by atoms with van der Waals surface area (Å²) in [5, 5.41) is 2.99. The topological polar surface area (TPSA) is 73.0 Å². The highest BCUT2D eigenvalue weighted by molar-refractivity contribution is 6.07. The predicted octanol–water partition coefficient (Wildman–Crippen LogP) is 3.81. The molecule has 1 aromatic carbocycles. The average Bonchev–Trinajstić information content (AvgIpc) is 3.09. The van der Waals surface area contributed by atoms with Gasteiger partial charge in [0.05, 0.1) is 6.54 Å². The van der Waals surface area contributed by atoms with E-state index in [2.05, 4.69) is 28.9 Å². The van der Waals surface area contributed by atoms with Crippen LogP contribution in [0.2, 0.25) is 0 Å². The van der Waals surface area contributed by atoms with E-state index in [1.165, 1.54) is 29.8 Å². The Morgan fingerprint density at radius 3 is 2.27 bits per heavy atom. The molecule has 3 fully saturated rings. The number of carbonyl (C=O) groups excluding carboxylic acids is 3. The van der Waals surface area contributed by atoms with Gasteiger partial charge < -0.3 is 15.1 Å². The molecule has 33 heavy (non-hydrogen) atoms. The Balaban J connectivity index is 1.39. The predicted molar refractivity (Wildman–Crippen MR) is 129 cm³/mol. The molecule has 3 aliphatic rings. The molecule has 7 nitrogen and oxygen atoms in total. The van der Waals surface area contributed by atoms with Crippen LogP contribution in [-0.2, 0) is 4.79 Å². The van der Waals surface area contributed by atoms with Gasteiger partial charge in [-0.3, -0.25) is 14.5 Å². The van der Waals surface area contributed by atoms with Crippen LogP contribution in [0.3, 0.4) is 0 Å². The lowest BCUT2D eigenvalue weighted by atomic mass is 9.75. The zero-order chi connectivity index (χ0) is 23.6. The molecule has 4 amide bonds. The second-order valence-electron chi connectivity index (χ2n) is 9.76. The van der Waals surface area contributed by atoms with Gasteiger partial charge in [0.1, 0.15) is 5.54 Å². The van der Waals surface area contributed by atoms with Crippen molar-refractivity contribution in [2.24, 2.45) is 5.92 Å². The third-order valence-corrected chi connectivity index (χ3v) is 7.50. The third kappa shape index (κ3) is 4.50. The van der Waals surface area contributed by atoms with Gasteiger partial charge in [0.2, 0.25) is 0 Å². The minimum atomic E-state index is -0.877. The van der Waals surface area contributed by atoms with Crippen molar-refractivity contribution in [1.29, 1.82) is 0 Å². The molecular formula is C26H36N4O3. The molecule has 1 unspecified atom stereocenters. The average molecular weight is 453 g/mol. The second kappa shape index (κ2) is 9.57. The van der Waals surface area contributed by atoms with Crippen molar-refractivity contribution < 1.29 is 14.4 Å². The maximum absolute atomic E-state index is 13.2. The second-order valence-corrected chi connectivity index (χ2v) is 9.76. The van der Waals surface area contributed by atoms with Crippen LogP contribution in [0.5, 0.6) is 0 Å². The molecule has 1 aromatic rings. The fraction of sp³-hybridized carbons (Fsp3) is 0.577. The molecule has 7 heteroatoms. The molecule has 4 rings (SSSR count). The molecule has 0 aromatic heterocycles. The number of rotatable bonds is 6. The fourth-order valence-electron chi connectivity index (χ4n) is 5.59. The van der Waals surface area contributed by atoms with Crippen LogP contribution in [0.25, 0.3) is 0 Å². The summed E-state index contributed by atoms with van der Waals surface area (Å²) in [7, 11) is 0.